The molecule has 0 saturated carbocycles. The first kappa shape index (κ1) is 12.4. The van der Waals surface area contributed by atoms with Gasteiger partial charge in [-0.05, 0) is 60.4 Å². The highest BCUT2D eigenvalue weighted by molar-refractivity contribution is 5.37. The minimum Gasteiger partial charge on any atom is -0.497 e. The van der Waals surface area contributed by atoms with Crippen molar-refractivity contribution in [3.05, 3.63) is 29.3 Å². The zero-order chi connectivity index (χ0) is 12.5. The van der Waals surface area contributed by atoms with Gasteiger partial charge in [0, 0.05) is 0 Å². The lowest BCUT2D eigenvalue weighted by atomic mass is 9.69. The molecule has 17 heavy (non-hydrogen) atoms. The zero-order valence-corrected chi connectivity index (χ0v) is 11.1. The predicted molar refractivity (Wildman–Crippen MR) is 71.3 cm³/mol. The van der Waals surface area contributed by atoms with E-state index in [1.165, 1.54) is 24.0 Å². The molecule has 0 aliphatic heterocycles. The molecule has 1 aliphatic carbocycles. The Morgan fingerprint density at radius 2 is 2.12 bits per heavy atom. The van der Waals surface area contributed by atoms with Gasteiger partial charge < -0.3 is 10.5 Å². The topological polar surface area (TPSA) is 35.2 Å². The molecule has 94 valence electrons. The van der Waals surface area contributed by atoms with Gasteiger partial charge in [0.05, 0.1) is 7.11 Å². The lowest BCUT2D eigenvalue weighted by Gasteiger charge is -2.37. The summed E-state index contributed by atoms with van der Waals surface area (Å²) in [7, 11) is 1.73. The third-order valence-corrected chi connectivity index (χ3v) is 4.27. The lowest BCUT2D eigenvalue weighted by Crippen LogP contribution is -2.35. The fraction of sp³-hybridized carbons (Fsp3) is 0.600. The Morgan fingerprint density at radius 1 is 1.35 bits per heavy atom. The zero-order valence-electron chi connectivity index (χ0n) is 11.1. The molecule has 0 spiro atoms. The predicted octanol–water partition coefficient (Wildman–Crippen LogP) is 2.79. The van der Waals surface area contributed by atoms with Gasteiger partial charge in [0.1, 0.15) is 5.75 Å². The summed E-state index contributed by atoms with van der Waals surface area (Å²) in [6, 6.07) is 6.46. The number of aryl methyl sites for hydroxylation is 1. The molecule has 0 aromatic heterocycles. The average Bonchev–Trinajstić information content (AvgIpc) is 2.37. The first-order valence-electron chi connectivity index (χ1n) is 6.42. The van der Waals surface area contributed by atoms with E-state index in [4.69, 9.17) is 10.5 Å². The second-order valence-electron chi connectivity index (χ2n) is 5.77. The minimum atomic E-state index is 0.237. The highest BCUT2D eigenvalue weighted by Gasteiger charge is 2.31. The Labute approximate surface area is 104 Å². The van der Waals surface area contributed by atoms with Crippen molar-refractivity contribution in [2.45, 2.75) is 33.1 Å². The molecule has 1 unspecified atom stereocenters. The number of hydrogen-bond donors (Lipinski definition) is 1. The number of nitrogens with two attached hydrogens (primary N) is 1. The number of hydrogen-bond acceptors (Lipinski definition) is 2. The first-order chi connectivity index (χ1) is 8.06. The van der Waals surface area contributed by atoms with Gasteiger partial charge in [0.15, 0.2) is 0 Å². The summed E-state index contributed by atoms with van der Waals surface area (Å²) in [6.07, 6.45) is 3.56. The average molecular weight is 233 g/mol. The van der Waals surface area contributed by atoms with Crippen molar-refractivity contribution < 1.29 is 4.74 Å². The van der Waals surface area contributed by atoms with Gasteiger partial charge in [0.25, 0.3) is 0 Å². The highest BCUT2D eigenvalue weighted by Crippen LogP contribution is 2.37. The van der Waals surface area contributed by atoms with Gasteiger partial charge in [-0.3, -0.25) is 0 Å². The van der Waals surface area contributed by atoms with Crippen molar-refractivity contribution >= 4 is 0 Å². The van der Waals surface area contributed by atoms with E-state index in [1.807, 2.05) is 0 Å². The third-order valence-electron chi connectivity index (χ3n) is 4.27. The Morgan fingerprint density at radius 3 is 2.76 bits per heavy atom. The molecule has 0 radical (unpaired) electrons. The van der Waals surface area contributed by atoms with Gasteiger partial charge in [-0.2, -0.15) is 0 Å². The van der Waals surface area contributed by atoms with Crippen LogP contribution in [0.2, 0.25) is 0 Å². The molecule has 0 saturated heterocycles. The number of benzene rings is 1. The normalized spacial score (nSPS) is 19.9. The summed E-state index contributed by atoms with van der Waals surface area (Å²) >= 11 is 0. The van der Waals surface area contributed by atoms with Crippen LogP contribution in [0.3, 0.4) is 0 Å². The molecule has 0 fully saturated rings. The molecule has 2 nitrogen and oxygen atoms in total. The molecule has 1 aromatic rings. The summed E-state index contributed by atoms with van der Waals surface area (Å²) in [5, 5.41) is 0. The van der Waals surface area contributed by atoms with Gasteiger partial charge in [0.2, 0.25) is 0 Å². The third kappa shape index (κ3) is 2.47. The first-order valence-corrected chi connectivity index (χ1v) is 6.42. The van der Waals surface area contributed by atoms with Crippen LogP contribution in [0.4, 0.5) is 0 Å². The Hall–Kier alpha value is -1.02. The van der Waals surface area contributed by atoms with Crippen LogP contribution in [0.5, 0.6) is 5.75 Å². The molecule has 2 heteroatoms. The van der Waals surface area contributed by atoms with Crippen molar-refractivity contribution in [1.82, 2.24) is 0 Å². The SMILES string of the molecule is COc1ccc2c(c1)CC(C(C)(C)CN)CC2. The van der Waals surface area contributed by atoms with Gasteiger partial charge in [-0.15, -0.1) is 0 Å². The smallest absolute Gasteiger partial charge is 0.119 e. The van der Waals surface area contributed by atoms with Crippen molar-refractivity contribution in [1.29, 1.82) is 0 Å². The van der Waals surface area contributed by atoms with E-state index in [2.05, 4.69) is 32.0 Å². The van der Waals surface area contributed by atoms with Crippen LogP contribution in [0.25, 0.3) is 0 Å². The van der Waals surface area contributed by atoms with Crippen molar-refractivity contribution in [2.75, 3.05) is 13.7 Å². The van der Waals surface area contributed by atoms with Crippen molar-refractivity contribution in [3.8, 4) is 5.75 Å². The standard InChI is InChI=1S/C15H23NO/c1-15(2,10-16)13-6-4-11-5-7-14(17-3)9-12(11)8-13/h5,7,9,13H,4,6,8,10,16H2,1-3H3. The monoisotopic (exact) mass is 233 g/mol. The van der Waals surface area contributed by atoms with Crippen LogP contribution in [-0.2, 0) is 12.8 Å². The quantitative estimate of drug-likeness (QED) is 0.871. The van der Waals surface area contributed by atoms with E-state index in [0.717, 1.165) is 18.7 Å². The molecular weight excluding hydrogens is 210 g/mol. The molecule has 2 rings (SSSR count). The fourth-order valence-electron chi connectivity index (χ4n) is 2.69. The summed E-state index contributed by atoms with van der Waals surface area (Å²) in [4.78, 5) is 0. The maximum atomic E-state index is 5.89. The van der Waals surface area contributed by atoms with E-state index >= 15 is 0 Å². The van der Waals surface area contributed by atoms with E-state index in [-0.39, 0.29) is 5.41 Å². The second kappa shape index (κ2) is 4.69. The highest BCUT2D eigenvalue weighted by atomic mass is 16.5. The molecule has 1 aromatic carbocycles. The Balaban J connectivity index is 2.22. The maximum Gasteiger partial charge on any atom is 0.119 e. The van der Waals surface area contributed by atoms with Crippen LogP contribution in [0.15, 0.2) is 18.2 Å². The molecule has 0 amide bonds. The Bertz CT molecular complexity index is 398. The van der Waals surface area contributed by atoms with E-state index in [1.54, 1.807) is 7.11 Å². The van der Waals surface area contributed by atoms with Crippen molar-refractivity contribution in [2.24, 2.45) is 17.1 Å². The molecule has 0 heterocycles. The molecule has 1 aliphatic rings. The maximum absolute atomic E-state index is 5.89. The van der Waals surface area contributed by atoms with Gasteiger partial charge in [-0.25, -0.2) is 0 Å². The van der Waals surface area contributed by atoms with Crippen LogP contribution in [0.1, 0.15) is 31.4 Å². The van der Waals surface area contributed by atoms with Gasteiger partial charge >= 0.3 is 0 Å². The molecule has 2 N–H and O–H groups in total. The fourth-order valence-corrected chi connectivity index (χ4v) is 2.69. The summed E-state index contributed by atoms with van der Waals surface area (Å²) in [5.74, 6) is 1.65. The van der Waals surface area contributed by atoms with Crippen LogP contribution in [0, 0.1) is 11.3 Å². The number of fused-ring (bicyclic) bond motifs is 1. The largest absolute Gasteiger partial charge is 0.497 e. The van der Waals surface area contributed by atoms with Crippen LogP contribution >= 0.6 is 0 Å². The van der Waals surface area contributed by atoms with Crippen LogP contribution < -0.4 is 10.5 Å². The second-order valence-corrected chi connectivity index (χ2v) is 5.77. The van der Waals surface area contributed by atoms with Crippen LogP contribution in [-0.4, -0.2) is 13.7 Å². The molecular formula is C15H23NO. The summed E-state index contributed by atoms with van der Waals surface area (Å²) in [6.45, 7) is 5.32. The van der Waals surface area contributed by atoms with E-state index in [9.17, 15) is 0 Å². The van der Waals surface area contributed by atoms with E-state index in [0.29, 0.717) is 5.92 Å². The molecule has 0 bridgehead atoms. The summed E-state index contributed by atoms with van der Waals surface area (Å²) in [5.41, 5.74) is 9.05. The Kier molecular flexibility index (Phi) is 3.43. The lowest BCUT2D eigenvalue weighted by molar-refractivity contribution is 0.199. The number of methoxy groups -OCH3 is 1. The van der Waals surface area contributed by atoms with Crippen molar-refractivity contribution in [3.63, 3.8) is 0 Å². The minimum absolute atomic E-state index is 0.237. The number of ether oxygens (including phenoxy) is 1. The summed E-state index contributed by atoms with van der Waals surface area (Å²) < 4.78 is 5.30. The van der Waals surface area contributed by atoms with E-state index < -0.39 is 0 Å². The van der Waals surface area contributed by atoms with Gasteiger partial charge in [-0.1, -0.05) is 19.9 Å². The number of rotatable bonds is 3. The molecule has 1 atom stereocenters.